The normalized spacial score (nSPS) is 17.9. The van der Waals surface area contributed by atoms with Crippen molar-refractivity contribution in [3.8, 4) is 0 Å². The highest BCUT2D eigenvalue weighted by molar-refractivity contribution is 5.32. The van der Waals surface area contributed by atoms with Crippen molar-refractivity contribution in [1.29, 1.82) is 0 Å². The molecule has 1 aromatic heterocycles. The van der Waals surface area contributed by atoms with Gasteiger partial charge in [0.2, 0.25) is 0 Å². The van der Waals surface area contributed by atoms with Crippen molar-refractivity contribution in [3.05, 3.63) is 22.7 Å². The Hall–Kier alpha value is -1.32. The molecule has 1 aliphatic carbocycles. The van der Waals surface area contributed by atoms with Crippen LogP contribution in [0.4, 0.5) is 5.82 Å². The van der Waals surface area contributed by atoms with E-state index in [1.54, 1.807) is 17.0 Å². The summed E-state index contributed by atoms with van der Waals surface area (Å²) in [6.07, 6.45) is 8.65. The fourth-order valence-electron chi connectivity index (χ4n) is 2.87. The third-order valence-electron chi connectivity index (χ3n) is 3.95. The summed E-state index contributed by atoms with van der Waals surface area (Å²) in [6, 6.07) is 0.331. The molecule has 0 aromatic carbocycles. The Morgan fingerprint density at radius 3 is 2.68 bits per heavy atom. The predicted octanol–water partition coefficient (Wildman–Crippen LogP) is 2.89. The average Bonchev–Trinajstić information content (AvgIpc) is 2.87. The van der Waals surface area contributed by atoms with Gasteiger partial charge in [-0.3, -0.25) is 4.79 Å². The maximum absolute atomic E-state index is 12.3. The summed E-state index contributed by atoms with van der Waals surface area (Å²) in [7, 11) is 0. The first-order valence-electron chi connectivity index (χ1n) is 7.40. The van der Waals surface area contributed by atoms with Crippen LogP contribution in [0.25, 0.3) is 0 Å². The summed E-state index contributed by atoms with van der Waals surface area (Å²) in [5, 5.41) is 3.32. The van der Waals surface area contributed by atoms with Crippen molar-refractivity contribution in [3.63, 3.8) is 0 Å². The summed E-state index contributed by atoms with van der Waals surface area (Å²) in [6.45, 7) is 7.13. The molecule has 1 aromatic rings. The second-order valence-electron chi connectivity index (χ2n) is 6.10. The molecule has 0 aliphatic heterocycles. The molecular weight excluding hydrogens is 238 g/mol. The van der Waals surface area contributed by atoms with E-state index in [-0.39, 0.29) is 5.56 Å². The van der Waals surface area contributed by atoms with Crippen LogP contribution in [0.3, 0.4) is 0 Å². The summed E-state index contributed by atoms with van der Waals surface area (Å²) in [5.74, 6) is 1.64. The molecule has 19 heavy (non-hydrogen) atoms. The van der Waals surface area contributed by atoms with E-state index >= 15 is 0 Å². The molecule has 2 rings (SSSR count). The number of aromatic nitrogens is 2. The zero-order valence-electron chi connectivity index (χ0n) is 12.2. The maximum Gasteiger partial charge on any atom is 0.293 e. The van der Waals surface area contributed by atoms with Crippen molar-refractivity contribution in [2.75, 3.05) is 5.32 Å². The van der Waals surface area contributed by atoms with Crippen LogP contribution < -0.4 is 10.9 Å². The number of anilines is 1. The SMILES string of the molecule is CC(C)Cn1ccnc(NC(C)C2CCCC2)c1=O. The number of rotatable bonds is 5. The molecule has 1 saturated carbocycles. The zero-order valence-corrected chi connectivity index (χ0v) is 12.2. The molecule has 4 heteroatoms. The molecule has 1 atom stereocenters. The Balaban J connectivity index is 2.09. The van der Waals surface area contributed by atoms with Crippen LogP contribution in [0.15, 0.2) is 17.2 Å². The lowest BCUT2D eigenvalue weighted by molar-refractivity contribution is 0.477. The lowest BCUT2D eigenvalue weighted by Gasteiger charge is -2.21. The van der Waals surface area contributed by atoms with E-state index in [1.807, 2.05) is 0 Å². The molecule has 0 radical (unpaired) electrons. The van der Waals surface area contributed by atoms with Crippen LogP contribution in [0.1, 0.15) is 46.5 Å². The van der Waals surface area contributed by atoms with Crippen molar-refractivity contribution in [2.24, 2.45) is 11.8 Å². The second kappa shape index (κ2) is 6.22. The average molecular weight is 263 g/mol. The molecule has 1 aliphatic rings. The van der Waals surface area contributed by atoms with Gasteiger partial charge in [0, 0.05) is 25.0 Å². The quantitative estimate of drug-likeness (QED) is 0.888. The Kier molecular flexibility index (Phi) is 4.61. The first kappa shape index (κ1) is 14.1. The lowest BCUT2D eigenvalue weighted by atomic mass is 10.00. The number of hydrogen-bond acceptors (Lipinski definition) is 3. The minimum atomic E-state index is 0.000969. The van der Waals surface area contributed by atoms with Crippen LogP contribution >= 0.6 is 0 Å². The molecule has 1 fully saturated rings. The minimum Gasteiger partial charge on any atom is -0.363 e. The fourth-order valence-corrected chi connectivity index (χ4v) is 2.87. The van der Waals surface area contributed by atoms with E-state index in [0.29, 0.717) is 23.7 Å². The minimum absolute atomic E-state index is 0.000969. The maximum atomic E-state index is 12.3. The smallest absolute Gasteiger partial charge is 0.293 e. The molecular formula is C15H25N3O. The Morgan fingerprint density at radius 2 is 2.05 bits per heavy atom. The van der Waals surface area contributed by atoms with Gasteiger partial charge in [-0.25, -0.2) is 4.98 Å². The summed E-state index contributed by atoms with van der Waals surface area (Å²) in [4.78, 5) is 16.5. The van der Waals surface area contributed by atoms with E-state index in [9.17, 15) is 4.79 Å². The lowest BCUT2D eigenvalue weighted by Crippen LogP contribution is -2.31. The van der Waals surface area contributed by atoms with Crippen LogP contribution in [-0.2, 0) is 6.54 Å². The molecule has 4 nitrogen and oxygen atoms in total. The molecule has 1 unspecified atom stereocenters. The second-order valence-corrected chi connectivity index (χ2v) is 6.10. The van der Waals surface area contributed by atoms with E-state index in [2.05, 4.69) is 31.1 Å². The van der Waals surface area contributed by atoms with Gasteiger partial charge in [0.15, 0.2) is 5.82 Å². The molecule has 1 heterocycles. The largest absolute Gasteiger partial charge is 0.363 e. The van der Waals surface area contributed by atoms with Gasteiger partial charge in [-0.1, -0.05) is 26.7 Å². The summed E-state index contributed by atoms with van der Waals surface area (Å²) in [5.41, 5.74) is 0.000969. The van der Waals surface area contributed by atoms with E-state index < -0.39 is 0 Å². The van der Waals surface area contributed by atoms with Crippen LogP contribution in [0.2, 0.25) is 0 Å². The van der Waals surface area contributed by atoms with Gasteiger partial charge in [-0.05, 0) is 31.6 Å². The van der Waals surface area contributed by atoms with Gasteiger partial charge >= 0.3 is 0 Å². The van der Waals surface area contributed by atoms with Gasteiger partial charge in [-0.2, -0.15) is 0 Å². The highest BCUT2D eigenvalue weighted by Gasteiger charge is 2.22. The van der Waals surface area contributed by atoms with Gasteiger partial charge in [0.05, 0.1) is 0 Å². The van der Waals surface area contributed by atoms with Crippen LogP contribution in [0, 0.1) is 11.8 Å². The van der Waals surface area contributed by atoms with Gasteiger partial charge in [0.1, 0.15) is 0 Å². The van der Waals surface area contributed by atoms with E-state index in [1.165, 1.54) is 25.7 Å². The van der Waals surface area contributed by atoms with Crippen molar-refractivity contribution in [1.82, 2.24) is 9.55 Å². The number of nitrogens with one attached hydrogen (secondary N) is 1. The zero-order chi connectivity index (χ0) is 13.8. The van der Waals surface area contributed by atoms with Crippen LogP contribution in [-0.4, -0.2) is 15.6 Å². The first-order chi connectivity index (χ1) is 9.08. The molecule has 1 N–H and O–H groups in total. The topological polar surface area (TPSA) is 46.9 Å². The van der Waals surface area contributed by atoms with Gasteiger partial charge in [-0.15, -0.1) is 0 Å². The Morgan fingerprint density at radius 1 is 1.37 bits per heavy atom. The number of nitrogens with zero attached hydrogens (tertiary/aromatic N) is 2. The monoisotopic (exact) mass is 263 g/mol. The molecule has 0 spiro atoms. The van der Waals surface area contributed by atoms with Crippen molar-refractivity contribution < 1.29 is 0 Å². The fraction of sp³-hybridized carbons (Fsp3) is 0.733. The molecule has 106 valence electrons. The highest BCUT2D eigenvalue weighted by Crippen LogP contribution is 2.28. The summed E-state index contributed by atoms with van der Waals surface area (Å²) >= 11 is 0. The van der Waals surface area contributed by atoms with Crippen LogP contribution in [0.5, 0.6) is 0 Å². The standard InChI is InChI=1S/C15H25N3O/c1-11(2)10-18-9-8-16-14(15(18)19)17-12(3)13-6-4-5-7-13/h8-9,11-13H,4-7,10H2,1-3H3,(H,16,17). The van der Waals surface area contributed by atoms with Crippen molar-refractivity contribution >= 4 is 5.82 Å². The number of hydrogen-bond donors (Lipinski definition) is 1. The Labute approximate surface area is 115 Å². The molecule has 0 saturated heterocycles. The third-order valence-corrected chi connectivity index (χ3v) is 3.95. The third kappa shape index (κ3) is 3.58. The molecule has 0 bridgehead atoms. The van der Waals surface area contributed by atoms with Gasteiger partial charge in [0.25, 0.3) is 5.56 Å². The first-order valence-corrected chi connectivity index (χ1v) is 7.40. The predicted molar refractivity (Wildman–Crippen MR) is 78.4 cm³/mol. The highest BCUT2D eigenvalue weighted by atomic mass is 16.1. The molecule has 0 amide bonds. The van der Waals surface area contributed by atoms with E-state index in [4.69, 9.17) is 0 Å². The van der Waals surface area contributed by atoms with Gasteiger partial charge < -0.3 is 9.88 Å². The van der Waals surface area contributed by atoms with Crippen molar-refractivity contribution in [2.45, 2.75) is 59.0 Å². The van der Waals surface area contributed by atoms with E-state index in [0.717, 1.165) is 6.54 Å². The summed E-state index contributed by atoms with van der Waals surface area (Å²) < 4.78 is 1.75. The Bertz CT molecular complexity index is 461.